The number of likely N-dealkylation sites (N-methyl/N-ethyl adjacent to an activating group) is 1. The van der Waals surface area contributed by atoms with E-state index in [2.05, 4.69) is 26.3 Å². The molecule has 0 saturated heterocycles. The monoisotopic (exact) mass is 437 g/mol. The van der Waals surface area contributed by atoms with Crippen molar-refractivity contribution in [2.75, 3.05) is 17.3 Å². The summed E-state index contributed by atoms with van der Waals surface area (Å²) >= 11 is 6.13. The smallest absolute Gasteiger partial charge is 0.225 e. The van der Waals surface area contributed by atoms with E-state index in [0.29, 0.717) is 16.9 Å². The van der Waals surface area contributed by atoms with Crippen LogP contribution in [0.5, 0.6) is 0 Å². The number of rotatable bonds is 7. The van der Waals surface area contributed by atoms with Gasteiger partial charge in [-0.3, -0.25) is 4.98 Å². The molecule has 3 aromatic rings. The van der Waals surface area contributed by atoms with Gasteiger partial charge in [-0.2, -0.15) is 4.98 Å². The lowest BCUT2D eigenvalue weighted by atomic mass is 10.1. The molecule has 0 bridgehead atoms. The Hall–Kier alpha value is -3.25. The highest BCUT2D eigenvalue weighted by molar-refractivity contribution is 6.28. The fourth-order valence-electron chi connectivity index (χ4n) is 3.19. The maximum Gasteiger partial charge on any atom is 0.225 e. The van der Waals surface area contributed by atoms with E-state index in [9.17, 15) is 4.39 Å². The molecule has 0 radical (unpaired) electrons. The largest absolute Gasteiger partial charge is 0.360 e. The van der Waals surface area contributed by atoms with Crippen LogP contribution in [-0.4, -0.2) is 28.0 Å². The molecule has 0 spiro atoms. The van der Waals surface area contributed by atoms with Crippen molar-refractivity contribution in [1.82, 2.24) is 15.0 Å². The molecular formula is C24H25ClFN5. The Morgan fingerprint density at radius 1 is 1.23 bits per heavy atom. The Kier molecular flexibility index (Phi) is 7.36. The Balaban J connectivity index is 2.02. The van der Waals surface area contributed by atoms with Gasteiger partial charge in [0.1, 0.15) is 11.3 Å². The van der Waals surface area contributed by atoms with E-state index >= 15 is 0 Å². The zero-order chi connectivity index (χ0) is 22.4. The van der Waals surface area contributed by atoms with E-state index < -0.39 is 0 Å². The first-order chi connectivity index (χ1) is 14.9. The summed E-state index contributed by atoms with van der Waals surface area (Å²) in [7, 11) is 1.91. The first-order valence-electron chi connectivity index (χ1n) is 9.94. The van der Waals surface area contributed by atoms with E-state index in [1.165, 1.54) is 12.1 Å². The van der Waals surface area contributed by atoms with Gasteiger partial charge in [0.25, 0.3) is 0 Å². The molecular weight excluding hydrogens is 413 g/mol. The van der Waals surface area contributed by atoms with Crippen molar-refractivity contribution in [3.63, 3.8) is 0 Å². The van der Waals surface area contributed by atoms with Crippen LogP contribution >= 0.6 is 11.6 Å². The van der Waals surface area contributed by atoms with Crippen LogP contribution in [-0.2, 0) is 0 Å². The second-order valence-corrected chi connectivity index (χ2v) is 7.46. The van der Waals surface area contributed by atoms with Gasteiger partial charge in [-0.15, -0.1) is 0 Å². The van der Waals surface area contributed by atoms with Crippen molar-refractivity contribution < 1.29 is 4.39 Å². The van der Waals surface area contributed by atoms with E-state index in [-0.39, 0.29) is 17.1 Å². The van der Waals surface area contributed by atoms with Crippen molar-refractivity contribution in [3.8, 4) is 0 Å². The van der Waals surface area contributed by atoms with Crippen LogP contribution in [0.3, 0.4) is 0 Å². The van der Waals surface area contributed by atoms with Crippen LogP contribution in [0.25, 0.3) is 11.0 Å². The first kappa shape index (κ1) is 22.4. The van der Waals surface area contributed by atoms with Gasteiger partial charge in [0.15, 0.2) is 5.82 Å². The summed E-state index contributed by atoms with van der Waals surface area (Å²) in [6, 6.07) is 9.94. The number of hydrogen-bond acceptors (Lipinski definition) is 5. The Bertz CT molecular complexity index is 1160. The minimum atomic E-state index is -0.289. The Morgan fingerprint density at radius 2 is 2.03 bits per heavy atom. The van der Waals surface area contributed by atoms with Crippen LogP contribution in [0.15, 0.2) is 78.2 Å². The highest BCUT2D eigenvalue weighted by Gasteiger charge is 2.18. The number of aromatic nitrogens is 3. The normalized spacial score (nSPS) is 13.6. The zero-order valence-corrected chi connectivity index (χ0v) is 18.7. The molecule has 0 aliphatic heterocycles. The quantitative estimate of drug-likeness (QED) is 0.354. The fraction of sp³-hybridized carbons (Fsp3) is 0.208. The van der Waals surface area contributed by atoms with Gasteiger partial charge in [0.2, 0.25) is 5.28 Å². The predicted octanol–water partition coefficient (Wildman–Crippen LogP) is 6.16. The van der Waals surface area contributed by atoms with Gasteiger partial charge in [0, 0.05) is 24.6 Å². The van der Waals surface area contributed by atoms with Crippen molar-refractivity contribution in [3.05, 3.63) is 89.3 Å². The van der Waals surface area contributed by atoms with Crippen LogP contribution < -0.4 is 10.2 Å². The minimum absolute atomic E-state index is 0.142. The molecule has 0 aliphatic rings. The number of hydrogen-bond donors (Lipinski definition) is 1. The number of nitrogens with one attached hydrogen (secondary N) is 1. The highest BCUT2D eigenvalue weighted by Crippen LogP contribution is 2.26. The molecule has 7 heteroatoms. The molecule has 1 atom stereocenters. The summed E-state index contributed by atoms with van der Waals surface area (Å²) in [5.41, 5.74) is 4.00. The first-order valence-corrected chi connectivity index (χ1v) is 10.3. The lowest BCUT2D eigenvalue weighted by molar-refractivity contribution is 0.627. The molecule has 5 nitrogen and oxygen atoms in total. The topological polar surface area (TPSA) is 53.9 Å². The summed E-state index contributed by atoms with van der Waals surface area (Å²) in [6.45, 7) is 5.99. The van der Waals surface area contributed by atoms with E-state index in [1.54, 1.807) is 18.3 Å². The lowest BCUT2D eigenvalue weighted by Gasteiger charge is -2.29. The third-order valence-corrected chi connectivity index (χ3v) is 4.90. The van der Waals surface area contributed by atoms with Gasteiger partial charge in [-0.1, -0.05) is 24.3 Å². The Labute approximate surface area is 187 Å². The molecule has 0 unspecified atom stereocenters. The van der Waals surface area contributed by atoms with Gasteiger partial charge < -0.3 is 10.2 Å². The van der Waals surface area contributed by atoms with E-state index in [4.69, 9.17) is 11.6 Å². The van der Waals surface area contributed by atoms with Gasteiger partial charge in [0.05, 0.1) is 11.6 Å². The van der Waals surface area contributed by atoms with Crippen LogP contribution in [0.1, 0.15) is 20.8 Å². The van der Waals surface area contributed by atoms with Crippen molar-refractivity contribution in [2.45, 2.75) is 26.8 Å². The van der Waals surface area contributed by atoms with Gasteiger partial charge in [-0.05, 0) is 74.4 Å². The molecule has 160 valence electrons. The number of nitrogens with zero attached hydrogens (tertiary/aromatic N) is 4. The standard InChI is InChI=1S/C24H25ClFN5/c1-5-6-9-16(2)14-21(31(4)19-11-7-10-18(26)15-19)17(3)28-23-22-20(12-8-13-27-22)29-24(25)30-23/h5-15,17H,1-4H3,(H,28,29,30)/b6-5-,16-9+,21-14-/t17-/m0/s1. The van der Waals surface area contributed by atoms with E-state index in [1.807, 2.05) is 63.1 Å². The van der Waals surface area contributed by atoms with Crippen molar-refractivity contribution >= 4 is 34.1 Å². The van der Waals surface area contributed by atoms with E-state index in [0.717, 1.165) is 17.0 Å². The number of benzene rings is 1. The summed E-state index contributed by atoms with van der Waals surface area (Å²) in [6.07, 6.45) is 9.71. The number of fused-ring (bicyclic) bond motifs is 1. The molecule has 0 aliphatic carbocycles. The van der Waals surface area contributed by atoms with Crippen LogP contribution in [0.4, 0.5) is 15.9 Å². The molecule has 1 aromatic carbocycles. The second-order valence-electron chi connectivity index (χ2n) is 7.12. The predicted molar refractivity (Wildman–Crippen MR) is 127 cm³/mol. The van der Waals surface area contributed by atoms with Gasteiger partial charge in [-0.25, -0.2) is 9.37 Å². The van der Waals surface area contributed by atoms with Crippen molar-refractivity contribution in [2.24, 2.45) is 0 Å². The maximum atomic E-state index is 13.9. The minimum Gasteiger partial charge on any atom is -0.360 e. The average Bonchev–Trinajstić information content (AvgIpc) is 2.75. The zero-order valence-electron chi connectivity index (χ0n) is 18.0. The molecule has 0 fully saturated rings. The van der Waals surface area contributed by atoms with Crippen LogP contribution in [0, 0.1) is 5.82 Å². The number of halogens is 2. The third kappa shape index (κ3) is 5.67. The summed E-state index contributed by atoms with van der Waals surface area (Å²) in [5, 5.41) is 3.55. The second kappa shape index (κ2) is 10.2. The summed E-state index contributed by atoms with van der Waals surface area (Å²) in [4.78, 5) is 14.9. The number of allylic oxidation sites excluding steroid dienone is 5. The van der Waals surface area contributed by atoms with Crippen molar-refractivity contribution in [1.29, 1.82) is 0 Å². The molecule has 0 amide bonds. The third-order valence-electron chi connectivity index (χ3n) is 4.73. The number of pyridine rings is 1. The maximum absolute atomic E-state index is 13.9. The SMILES string of the molecule is C\C=C/C=C(C)/C=C(/[C@H](C)Nc1nc(Cl)nc2cccnc12)N(C)c1cccc(F)c1. The molecule has 0 saturated carbocycles. The fourth-order valence-corrected chi connectivity index (χ4v) is 3.37. The van der Waals surface area contributed by atoms with Gasteiger partial charge >= 0.3 is 0 Å². The molecule has 2 heterocycles. The Morgan fingerprint density at radius 3 is 2.77 bits per heavy atom. The lowest BCUT2D eigenvalue weighted by Crippen LogP contribution is -2.30. The number of anilines is 2. The molecule has 31 heavy (non-hydrogen) atoms. The summed E-state index contributed by atoms with van der Waals surface area (Å²) < 4.78 is 13.9. The molecule has 1 N–H and O–H groups in total. The summed E-state index contributed by atoms with van der Waals surface area (Å²) in [5.74, 6) is 0.250. The molecule has 2 aromatic heterocycles. The molecule has 3 rings (SSSR count). The average molecular weight is 438 g/mol. The van der Waals surface area contributed by atoms with Crippen LogP contribution in [0.2, 0.25) is 5.28 Å². The highest BCUT2D eigenvalue weighted by atomic mass is 35.5.